The molecule has 1 N–H and O–H groups in total. The summed E-state index contributed by atoms with van der Waals surface area (Å²) in [5.74, 6) is -0.103. The van der Waals surface area contributed by atoms with Gasteiger partial charge in [0.2, 0.25) is 0 Å². The van der Waals surface area contributed by atoms with Gasteiger partial charge in [-0.2, -0.15) is 0 Å². The molecule has 4 nitrogen and oxygen atoms in total. The second-order valence-electron chi connectivity index (χ2n) is 5.87. The van der Waals surface area contributed by atoms with Gasteiger partial charge in [-0.25, -0.2) is 0 Å². The molecule has 0 aromatic heterocycles. The number of β-amino-alcohol motifs (C(OH)–C–C–N with tert-alkyl or cyclic N) is 1. The van der Waals surface area contributed by atoms with Crippen LogP contribution in [-0.2, 0) is 16.0 Å². The minimum absolute atomic E-state index is 0.103. The third-order valence-electron chi connectivity index (χ3n) is 4.39. The van der Waals surface area contributed by atoms with Gasteiger partial charge in [0.25, 0.3) is 0 Å². The Hall–Kier alpha value is -1.10. The van der Waals surface area contributed by atoms with Crippen LogP contribution in [0.4, 0.5) is 0 Å². The lowest BCUT2D eigenvalue weighted by Gasteiger charge is -2.40. The average molecular weight is 326 g/mol. The Morgan fingerprint density at radius 1 is 1.32 bits per heavy atom. The predicted octanol–water partition coefficient (Wildman–Crippen LogP) is 2.52. The smallest absolute Gasteiger partial charge is 0.312 e. The Morgan fingerprint density at radius 3 is 2.50 bits per heavy atom. The largest absolute Gasteiger partial charge is 0.466 e. The predicted molar refractivity (Wildman–Crippen MR) is 87.0 cm³/mol. The van der Waals surface area contributed by atoms with E-state index in [0.717, 1.165) is 31.5 Å². The Labute approximate surface area is 137 Å². The highest BCUT2D eigenvalue weighted by atomic mass is 35.5. The molecule has 0 atom stereocenters. The molecule has 1 fully saturated rings. The number of piperidine rings is 1. The van der Waals surface area contributed by atoms with Gasteiger partial charge in [0.15, 0.2) is 0 Å². The number of carbonyl (C=O) groups is 1. The number of ether oxygens (including phenoxy) is 1. The van der Waals surface area contributed by atoms with E-state index in [-0.39, 0.29) is 12.6 Å². The van der Waals surface area contributed by atoms with Crippen molar-refractivity contribution >= 4 is 17.6 Å². The third-order valence-corrected chi connectivity index (χ3v) is 4.65. The molecule has 22 heavy (non-hydrogen) atoms. The first-order valence-electron chi connectivity index (χ1n) is 7.84. The minimum atomic E-state index is -0.463. The van der Waals surface area contributed by atoms with Crippen LogP contribution < -0.4 is 0 Å². The first-order chi connectivity index (χ1) is 10.6. The second-order valence-corrected chi connectivity index (χ2v) is 6.31. The van der Waals surface area contributed by atoms with Crippen molar-refractivity contribution < 1.29 is 14.6 Å². The summed E-state index contributed by atoms with van der Waals surface area (Å²) in [4.78, 5) is 14.7. The Kier molecular flexibility index (Phi) is 6.24. The third kappa shape index (κ3) is 4.22. The number of rotatable bonds is 6. The van der Waals surface area contributed by atoms with E-state index in [2.05, 4.69) is 4.90 Å². The molecule has 1 saturated heterocycles. The summed E-state index contributed by atoms with van der Waals surface area (Å²) in [7, 11) is 0. The molecule has 2 rings (SSSR count). The lowest BCUT2D eigenvalue weighted by atomic mass is 9.73. The highest BCUT2D eigenvalue weighted by Gasteiger charge is 2.42. The zero-order valence-corrected chi connectivity index (χ0v) is 13.8. The van der Waals surface area contributed by atoms with Crippen molar-refractivity contribution in [3.8, 4) is 0 Å². The summed E-state index contributed by atoms with van der Waals surface area (Å²) in [6.45, 7) is 4.69. The number of nitrogens with zero attached hydrogens (tertiary/aromatic N) is 1. The highest BCUT2D eigenvalue weighted by molar-refractivity contribution is 6.30. The summed E-state index contributed by atoms with van der Waals surface area (Å²) in [5, 5.41) is 9.76. The van der Waals surface area contributed by atoms with Crippen LogP contribution >= 0.6 is 11.6 Å². The van der Waals surface area contributed by atoms with E-state index >= 15 is 0 Å². The van der Waals surface area contributed by atoms with Crippen LogP contribution in [0, 0.1) is 5.41 Å². The van der Waals surface area contributed by atoms with Crippen molar-refractivity contribution in [3.05, 3.63) is 34.9 Å². The molecule has 0 amide bonds. The van der Waals surface area contributed by atoms with E-state index in [0.29, 0.717) is 24.6 Å². The van der Waals surface area contributed by atoms with E-state index in [4.69, 9.17) is 21.4 Å². The topological polar surface area (TPSA) is 49.8 Å². The SMILES string of the molecule is CCOC(=O)C1(Cc2ccc(Cl)cc2)CCN(CCO)CC1. The van der Waals surface area contributed by atoms with Crippen molar-refractivity contribution in [2.75, 3.05) is 32.8 Å². The molecule has 1 heterocycles. The Balaban J connectivity index is 2.12. The maximum absolute atomic E-state index is 12.5. The fraction of sp³-hybridized carbons (Fsp3) is 0.588. The highest BCUT2D eigenvalue weighted by Crippen LogP contribution is 2.36. The van der Waals surface area contributed by atoms with E-state index in [9.17, 15) is 4.79 Å². The van der Waals surface area contributed by atoms with E-state index in [1.165, 1.54) is 0 Å². The Bertz CT molecular complexity index is 481. The van der Waals surface area contributed by atoms with Gasteiger partial charge < -0.3 is 14.7 Å². The van der Waals surface area contributed by atoms with Crippen LogP contribution in [0.1, 0.15) is 25.3 Å². The molecule has 1 aromatic carbocycles. The van der Waals surface area contributed by atoms with Crippen molar-refractivity contribution in [3.63, 3.8) is 0 Å². The number of aliphatic hydroxyl groups is 1. The lowest BCUT2D eigenvalue weighted by molar-refractivity contribution is -0.158. The van der Waals surface area contributed by atoms with Gasteiger partial charge in [0.05, 0.1) is 18.6 Å². The van der Waals surface area contributed by atoms with Crippen LogP contribution in [-0.4, -0.2) is 48.8 Å². The summed E-state index contributed by atoms with van der Waals surface area (Å²) in [6, 6.07) is 7.67. The maximum Gasteiger partial charge on any atom is 0.312 e. The normalized spacial score (nSPS) is 18.1. The van der Waals surface area contributed by atoms with Gasteiger partial charge in [0, 0.05) is 11.6 Å². The average Bonchev–Trinajstić information content (AvgIpc) is 2.52. The summed E-state index contributed by atoms with van der Waals surface area (Å²) in [6.07, 6.45) is 2.19. The van der Waals surface area contributed by atoms with Crippen molar-refractivity contribution in [1.29, 1.82) is 0 Å². The van der Waals surface area contributed by atoms with E-state index in [1.54, 1.807) is 0 Å². The molecule has 0 saturated carbocycles. The van der Waals surface area contributed by atoms with Crippen molar-refractivity contribution in [2.45, 2.75) is 26.2 Å². The molecular formula is C17H24ClNO3. The van der Waals surface area contributed by atoms with Crippen molar-refractivity contribution in [1.82, 2.24) is 4.90 Å². The number of halogens is 1. The zero-order chi connectivity index (χ0) is 16.0. The zero-order valence-electron chi connectivity index (χ0n) is 13.1. The van der Waals surface area contributed by atoms with Gasteiger partial charge in [-0.1, -0.05) is 23.7 Å². The number of hydrogen-bond donors (Lipinski definition) is 1. The molecule has 5 heteroatoms. The quantitative estimate of drug-likeness (QED) is 0.817. The molecule has 0 aliphatic carbocycles. The molecule has 1 aliphatic rings. The molecule has 122 valence electrons. The minimum Gasteiger partial charge on any atom is -0.466 e. The maximum atomic E-state index is 12.5. The van der Waals surface area contributed by atoms with Gasteiger partial charge >= 0.3 is 5.97 Å². The number of aliphatic hydroxyl groups excluding tert-OH is 1. The van der Waals surface area contributed by atoms with Gasteiger partial charge in [-0.3, -0.25) is 4.79 Å². The second kappa shape index (κ2) is 7.95. The monoisotopic (exact) mass is 325 g/mol. The van der Waals surface area contributed by atoms with Crippen LogP contribution in [0.25, 0.3) is 0 Å². The Morgan fingerprint density at radius 2 is 1.95 bits per heavy atom. The van der Waals surface area contributed by atoms with Crippen molar-refractivity contribution in [2.24, 2.45) is 5.41 Å². The molecule has 1 aliphatic heterocycles. The van der Waals surface area contributed by atoms with Crippen LogP contribution in [0.15, 0.2) is 24.3 Å². The molecule has 0 spiro atoms. The van der Waals surface area contributed by atoms with Crippen LogP contribution in [0.3, 0.4) is 0 Å². The molecule has 0 unspecified atom stereocenters. The molecular weight excluding hydrogens is 302 g/mol. The number of benzene rings is 1. The van der Waals surface area contributed by atoms with Gasteiger partial charge in [-0.05, 0) is 57.0 Å². The van der Waals surface area contributed by atoms with E-state index in [1.807, 2.05) is 31.2 Å². The fourth-order valence-electron chi connectivity index (χ4n) is 3.08. The van der Waals surface area contributed by atoms with Gasteiger partial charge in [-0.15, -0.1) is 0 Å². The first kappa shape index (κ1) is 17.3. The summed E-state index contributed by atoms with van der Waals surface area (Å²) < 4.78 is 5.34. The van der Waals surface area contributed by atoms with E-state index < -0.39 is 5.41 Å². The molecule has 0 bridgehead atoms. The fourth-order valence-corrected chi connectivity index (χ4v) is 3.20. The van der Waals surface area contributed by atoms with Crippen LogP contribution in [0.2, 0.25) is 5.02 Å². The molecule has 0 radical (unpaired) electrons. The number of likely N-dealkylation sites (tertiary alicyclic amines) is 1. The summed E-state index contributed by atoms with van der Waals surface area (Å²) in [5.41, 5.74) is 0.642. The number of esters is 1. The summed E-state index contributed by atoms with van der Waals surface area (Å²) >= 11 is 5.93. The number of carbonyl (C=O) groups excluding carboxylic acids is 1. The lowest BCUT2D eigenvalue weighted by Crippen LogP contribution is -2.47. The molecule has 1 aromatic rings. The van der Waals surface area contributed by atoms with Gasteiger partial charge in [0.1, 0.15) is 0 Å². The number of hydrogen-bond acceptors (Lipinski definition) is 4. The standard InChI is InChI=1S/C17H24ClNO3/c1-2-22-16(21)17(7-9-19(10-8-17)11-12-20)13-14-3-5-15(18)6-4-14/h3-6,20H,2,7-13H2,1H3. The first-order valence-corrected chi connectivity index (χ1v) is 8.22. The van der Waals surface area contributed by atoms with Crippen LogP contribution in [0.5, 0.6) is 0 Å².